The Morgan fingerprint density at radius 1 is 1.08 bits per heavy atom. The summed E-state index contributed by atoms with van der Waals surface area (Å²) in [6, 6.07) is 10.0. The smallest absolute Gasteiger partial charge is 0.328 e. The van der Waals surface area contributed by atoms with Crippen LogP contribution in [0.25, 0.3) is 0 Å². The maximum atomic E-state index is 14.4. The number of nitrogens with one attached hydrogen (secondary N) is 1. The van der Waals surface area contributed by atoms with E-state index in [1.807, 2.05) is 6.08 Å². The molecule has 10 nitrogen and oxygen atoms in total. The second-order valence-electron chi connectivity index (χ2n) is 13.4. The van der Waals surface area contributed by atoms with Crippen LogP contribution >= 0.6 is 23.2 Å². The van der Waals surface area contributed by atoms with Crippen molar-refractivity contribution in [2.45, 2.75) is 43.7 Å². The summed E-state index contributed by atoms with van der Waals surface area (Å²) in [5, 5.41) is 26.6. The number of ether oxygens (including phenoxy) is 3. The van der Waals surface area contributed by atoms with Crippen molar-refractivity contribution in [2.24, 2.45) is 11.3 Å². The number of hydrogen-bond donors (Lipinski definition) is 2. The maximum Gasteiger partial charge on any atom is 0.328 e. The molecule has 3 saturated heterocycles. The third-order valence-electron chi connectivity index (χ3n) is 10.4. The lowest BCUT2D eigenvalue weighted by Crippen LogP contribution is -2.52. The molecule has 3 aromatic rings. The summed E-state index contributed by atoms with van der Waals surface area (Å²) in [5.74, 6) is -1.72. The van der Waals surface area contributed by atoms with E-state index in [1.54, 1.807) is 42.5 Å². The van der Waals surface area contributed by atoms with Crippen molar-refractivity contribution in [3.05, 3.63) is 116 Å². The summed E-state index contributed by atoms with van der Waals surface area (Å²) in [6.07, 6.45) is 9.27. The Morgan fingerprint density at radius 3 is 2.43 bits per heavy atom. The number of carbonyl (C=O) groups excluding carboxylic acids is 1. The molecule has 4 aliphatic rings. The molecular weight excluding hydrogens is 700 g/mol. The molecule has 51 heavy (non-hydrogen) atoms. The van der Waals surface area contributed by atoms with Crippen molar-refractivity contribution < 1.29 is 38.0 Å². The Labute approximate surface area is 306 Å². The van der Waals surface area contributed by atoms with Gasteiger partial charge in [-0.15, -0.1) is 0 Å². The molecule has 1 aliphatic carbocycles. The van der Waals surface area contributed by atoms with Crippen LogP contribution in [-0.4, -0.2) is 68.4 Å². The first-order valence-corrected chi connectivity index (χ1v) is 17.6. The lowest BCUT2D eigenvalue weighted by Gasteiger charge is -2.44. The van der Waals surface area contributed by atoms with Gasteiger partial charge >= 0.3 is 11.9 Å². The minimum absolute atomic E-state index is 0.0407. The predicted molar refractivity (Wildman–Crippen MR) is 190 cm³/mol. The minimum atomic E-state index is -1.54. The van der Waals surface area contributed by atoms with Crippen molar-refractivity contribution in [2.75, 3.05) is 40.4 Å². The van der Waals surface area contributed by atoms with Crippen molar-refractivity contribution in [1.82, 2.24) is 10.2 Å². The summed E-state index contributed by atoms with van der Waals surface area (Å²) < 4.78 is 32.0. The number of pyridine rings is 1. The third kappa shape index (κ3) is 7.86. The van der Waals surface area contributed by atoms with E-state index >= 15 is 0 Å². The molecule has 2 unspecified atom stereocenters. The van der Waals surface area contributed by atoms with Crippen molar-refractivity contribution in [3.8, 4) is 11.5 Å². The number of hydrogen-bond acceptors (Lipinski definition) is 8. The van der Waals surface area contributed by atoms with Gasteiger partial charge in [-0.05, 0) is 80.1 Å². The van der Waals surface area contributed by atoms with E-state index in [0.29, 0.717) is 45.0 Å². The van der Waals surface area contributed by atoms with E-state index in [1.165, 1.54) is 38.7 Å². The average Bonchev–Trinajstić information content (AvgIpc) is 3.11. The Balaban J connectivity index is 1.31. The summed E-state index contributed by atoms with van der Waals surface area (Å²) in [4.78, 5) is 29.6. The zero-order valence-electron chi connectivity index (χ0n) is 28.3. The number of piperidine rings is 3. The number of allylic oxidation sites excluding steroid dienone is 2. The zero-order valence-corrected chi connectivity index (χ0v) is 29.8. The monoisotopic (exact) mass is 739 g/mol. The number of carboxylic acid groups (broad SMARTS) is 1. The van der Waals surface area contributed by atoms with Crippen LogP contribution in [0.4, 0.5) is 4.39 Å². The maximum absolute atomic E-state index is 14.4. The van der Waals surface area contributed by atoms with Gasteiger partial charge in [-0.1, -0.05) is 65.2 Å². The number of esters is 1. The molecule has 3 fully saturated rings. The first-order chi connectivity index (χ1) is 24.5. The molecule has 4 heterocycles. The van der Waals surface area contributed by atoms with Crippen LogP contribution in [0.3, 0.4) is 0 Å². The topological polar surface area (TPSA) is 124 Å². The number of fused-ring (bicyclic) bond motifs is 3. The van der Waals surface area contributed by atoms with Gasteiger partial charge in [0, 0.05) is 24.6 Å². The number of halogens is 3. The van der Waals surface area contributed by atoms with Gasteiger partial charge in [0.1, 0.15) is 28.0 Å². The van der Waals surface area contributed by atoms with Crippen LogP contribution < -0.4 is 19.5 Å². The lowest BCUT2D eigenvalue weighted by molar-refractivity contribution is -0.605. The fourth-order valence-corrected chi connectivity index (χ4v) is 8.22. The lowest BCUT2D eigenvalue weighted by atomic mass is 9.64. The van der Waals surface area contributed by atoms with Crippen molar-refractivity contribution in [3.63, 3.8) is 0 Å². The fourth-order valence-electron chi connectivity index (χ4n) is 7.62. The number of carbonyl (C=O) groups is 2. The largest absolute Gasteiger partial charge is 0.619 e. The second-order valence-corrected chi connectivity index (χ2v) is 14.2. The van der Waals surface area contributed by atoms with Gasteiger partial charge in [0.05, 0.1) is 19.6 Å². The van der Waals surface area contributed by atoms with Gasteiger partial charge in [0.15, 0.2) is 23.9 Å². The van der Waals surface area contributed by atoms with Gasteiger partial charge in [0.2, 0.25) is 0 Å². The highest BCUT2D eigenvalue weighted by Gasteiger charge is 2.47. The standard InChI is InChI=1S/C38H40Cl2FN3O7/c1-49-32-9-8-25(16-33(32)50-2)29(17-28-30(39)20-44(48)21-31(28)40)38(37(46)47)12-4-5-23(18-38)19-42-35(26-6-3-7-27(41)15-26)36(45)51-34-22-43-13-10-24(34)11-14-43/h3-9,12,15-16,20-21,24,29,34-35,42H,10-11,13-14,17-19,22H2,1-2H3,(H,46,47)/t29-,34-,35?,38?/m0/s1. The SMILES string of the molecule is COc1ccc([C@H](Cc2c(Cl)c[n+]([O-])cc2Cl)C2(C(=O)O)C=CC=C(CNC(C(=O)O[C@H]3CN4CCC3CC4)c3cccc(F)c3)C2)cc1OC. The van der Waals surface area contributed by atoms with Crippen LogP contribution in [0.5, 0.6) is 11.5 Å². The van der Waals surface area contributed by atoms with Crippen LogP contribution in [0.2, 0.25) is 10.0 Å². The second kappa shape index (κ2) is 15.6. The third-order valence-corrected chi connectivity index (χ3v) is 11.0. The number of nitrogens with zero attached hydrogens (tertiary/aromatic N) is 2. The number of rotatable bonds is 13. The minimum Gasteiger partial charge on any atom is -0.619 e. The Kier molecular flexibility index (Phi) is 11.2. The van der Waals surface area contributed by atoms with Crippen LogP contribution in [-0.2, 0) is 20.7 Å². The summed E-state index contributed by atoms with van der Waals surface area (Å²) in [7, 11) is 3.00. The molecule has 0 saturated carbocycles. The summed E-state index contributed by atoms with van der Waals surface area (Å²) in [6.45, 7) is 2.76. The van der Waals surface area contributed by atoms with E-state index in [4.69, 9.17) is 37.4 Å². The van der Waals surface area contributed by atoms with E-state index < -0.39 is 35.1 Å². The molecule has 3 aliphatic heterocycles. The number of methoxy groups -OCH3 is 2. The first kappa shape index (κ1) is 36.6. The molecule has 7 rings (SSSR count). The van der Waals surface area contributed by atoms with Gasteiger partial charge in [-0.25, -0.2) is 9.18 Å². The highest BCUT2D eigenvalue weighted by Crippen LogP contribution is 2.49. The van der Waals surface area contributed by atoms with Crippen molar-refractivity contribution >= 4 is 35.1 Å². The molecule has 2 bridgehead atoms. The van der Waals surface area contributed by atoms with E-state index in [-0.39, 0.29) is 41.5 Å². The summed E-state index contributed by atoms with van der Waals surface area (Å²) >= 11 is 13.1. The number of benzene rings is 2. The van der Waals surface area contributed by atoms with E-state index in [0.717, 1.165) is 25.9 Å². The number of carboxylic acids is 1. The van der Waals surface area contributed by atoms with Gasteiger partial charge in [-0.2, -0.15) is 4.73 Å². The molecule has 270 valence electrons. The number of aliphatic carboxylic acids is 1. The van der Waals surface area contributed by atoms with Gasteiger partial charge in [-0.3, -0.25) is 15.0 Å². The number of aromatic nitrogens is 1. The Morgan fingerprint density at radius 2 is 1.80 bits per heavy atom. The fraction of sp³-hybridized carbons (Fsp3) is 0.395. The van der Waals surface area contributed by atoms with E-state index in [9.17, 15) is 24.3 Å². The van der Waals surface area contributed by atoms with Crippen LogP contribution in [0.15, 0.2) is 78.7 Å². The Bertz CT molecular complexity index is 1820. The molecule has 2 N–H and O–H groups in total. The molecule has 4 atom stereocenters. The zero-order chi connectivity index (χ0) is 36.3. The molecular formula is C38H40Cl2FN3O7. The van der Waals surface area contributed by atoms with Gasteiger partial charge in [0.25, 0.3) is 0 Å². The van der Waals surface area contributed by atoms with Crippen LogP contribution in [0.1, 0.15) is 47.9 Å². The molecule has 13 heteroatoms. The van der Waals surface area contributed by atoms with Crippen molar-refractivity contribution in [1.29, 1.82) is 0 Å². The molecule has 0 spiro atoms. The molecule has 1 aromatic heterocycles. The predicted octanol–water partition coefficient (Wildman–Crippen LogP) is 6.04. The van der Waals surface area contributed by atoms with E-state index in [2.05, 4.69) is 10.2 Å². The Hall–Kier alpha value is -4.16. The first-order valence-electron chi connectivity index (χ1n) is 16.8. The van der Waals surface area contributed by atoms with Crippen LogP contribution in [0, 0.1) is 22.4 Å². The highest BCUT2D eigenvalue weighted by molar-refractivity contribution is 6.35. The molecule has 0 radical (unpaired) electrons. The normalized spacial score (nSPS) is 23.6. The summed E-state index contributed by atoms with van der Waals surface area (Å²) in [5.41, 5.74) is 0.579. The quantitative estimate of drug-likeness (QED) is 0.123. The average molecular weight is 741 g/mol. The van der Waals surface area contributed by atoms with Gasteiger partial charge < -0.3 is 24.5 Å². The molecule has 2 aromatic carbocycles. The highest BCUT2D eigenvalue weighted by atomic mass is 35.5. The molecule has 0 amide bonds.